The van der Waals surface area contributed by atoms with Crippen molar-refractivity contribution in [2.24, 2.45) is 5.92 Å². The van der Waals surface area contributed by atoms with Gasteiger partial charge in [0.05, 0.1) is 6.16 Å². The fraction of sp³-hybridized carbons (Fsp3) is 1.00. The summed E-state index contributed by atoms with van der Waals surface area (Å²) in [6.07, 6.45) is 9.55. The fourth-order valence-corrected chi connectivity index (χ4v) is 3.39. The molecule has 1 rings (SSSR count). The third kappa shape index (κ3) is 4.67. The molecular weight excluding hydrogens is 211 g/mol. The molecule has 0 N–H and O–H groups in total. The van der Waals surface area contributed by atoms with E-state index < -0.39 is 7.60 Å². The molecule has 1 aliphatic rings. The van der Waals surface area contributed by atoms with Gasteiger partial charge in [0.15, 0.2) is 0 Å². The first kappa shape index (κ1) is 13.2. The van der Waals surface area contributed by atoms with E-state index >= 15 is 0 Å². The van der Waals surface area contributed by atoms with E-state index in [1.807, 2.05) is 0 Å². The third-order valence-electron chi connectivity index (χ3n) is 3.33. The zero-order valence-electron chi connectivity index (χ0n) is 9.91. The molecule has 0 saturated heterocycles. The van der Waals surface area contributed by atoms with Crippen LogP contribution in [0.25, 0.3) is 0 Å². The molecule has 1 saturated carbocycles. The van der Waals surface area contributed by atoms with Crippen LogP contribution in [0.2, 0.25) is 0 Å². The van der Waals surface area contributed by atoms with Gasteiger partial charge in [0.2, 0.25) is 0 Å². The molecular formula is C11H23O3P. The Morgan fingerprint density at radius 3 is 2.27 bits per heavy atom. The molecule has 1 fully saturated rings. The Kier molecular flexibility index (Phi) is 5.88. The average Bonchev–Trinajstić information content (AvgIpc) is 2.30. The van der Waals surface area contributed by atoms with Crippen molar-refractivity contribution in [3.8, 4) is 0 Å². The molecule has 0 heterocycles. The summed E-state index contributed by atoms with van der Waals surface area (Å²) in [5.74, 6) is 0.848. The second-order valence-corrected chi connectivity index (χ2v) is 6.75. The second kappa shape index (κ2) is 6.67. The minimum Gasteiger partial charge on any atom is -0.312 e. The highest BCUT2D eigenvalue weighted by Crippen LogP contribution is 2.47. The summed E-state index contributed by atoms with van der Waals surface area (Å²) in [5, 5.41) is 0. The van der Waals surface area contributed by atoms with E-state index in [0.29, 0.717) is 6.16 Å². The van der Waals surface area contributed by atoms with Gasteiger partial charge in [-0.1, -0.05) is 32.1 Å². The predicted molar refractivity (Wildman–Crippen MR) is 62.3 cm³/mol. The minimum absolute atomic E-state index is 0.566. The zero-order chi connectivity index (χ0) is 11.1. The fourth-order valence-electron chi connectivity index (χ4n) is 2.31. The summed E-state index contributed by atoms with van der Waals surface area (Å²) in [7, 11) is 0.178. The lowest BCUT2D eigenvalue weighted by atomic mass is 9.86. The van der Waals surface area contributed by atoms with Crippen LogP contribution in [0.3, 0.4) is 0 Å². The Bertz CT molecular complexity index is 204. The topological polar surface area (TPSA) is 35.5 Å². The molecule has 0 radical (unpaired) electrons. The van der Waals surface area contributed by atoms with Crippen LogP contribution < -0.4 is 0 Å². The molecule has 4 heteroatoms. The molecule has 0 bridgehead atoms. The molecule has 0 aromatic rings. The minimum atomic E-state index is -2.75. The molecule has 0 spiro atoms. The van der Waals surface area contributed by atoms with Crippen molar-refractivity contribution < 1.29 is 13.6 Å². The lowest BCUT2D eigenvalue weighted by molar-refractivity contribution is 0.271. The van der Waals surface area contributed by atoms with Crippen LogP contribution in [0, 0.1) is 5.92 Å². The van der Waals surface area contributed by atoms with Crippen molar-refractivity contribution in [2.45, 2.75) is 44.9 Å². The standard InChI is InChI=1S/C11H23O3P/c1-13-15(12,14-2)10-6-9-11-7-4-3-5-8-11/h11H,3-10H2,1-2H3. The average molecular weight is 234 g/mol. The molecule has 0 unspecified atom stereocenters. The van der Waals surface area contributed by atoms with Gasteiger partial charge in [0.25, 0.3) is 0 Å². The first-order valence-corrected chi connectivity index (χ1v) is 7.63. The van der Waals surface area contributed by atoms with Crippen LogP contribution in [-0.4, -0.2) is 20.4 Å². The van der Waals surface area contributed by atoms with Crippen LogP contribution in [0.5, 0.6) is 0 Å². The molecule has 0 atom stereocenters. The SMILES string of the molecule is COP(=O)(CCCC1CCCCC1)OC. The Morgan fingerprint density at radius 1 is 1.13 bits per heavy atom. The smallest absolute Gasteiger partial charge is 0.312 e. The highest BCUT2D eigenvalue weighted by atomic mass is 31.2. The molecule has 15 heavy (non-hydrogen) atoms. The number of hydrogen-bond donors (Lipinski definition) is 0. The maximum absolute atomic E-state index is 11.7. The lowest BCUT2D eigenvalue weighted by Gasteiger charge is -2.22. The molecule has 0 aliphatic heterocycles. The van der Waals surface area contributed by atoms with Crippen molar-refractivity contribution in [1.82, 2.24) is 0 Å². The van der Waals surface area contributed by atoms with Crippen LogP contribution in [-0.2, 0) is 13.6 Å². The largest absolute Gasteiger partial charge is 0.330 e. The van der Waals surface area contributed by atoms with Crippen molar-refractivity contribution in [3.05, 3.63) is 0 Å². The van der Waals surface area contributed by atoms with Crippen molar-refractivity contribution >= 4 is 7.60 Å². The van der Waals surface area contributed by atoms with Crippen LogP contribution in [0.4, 0.5) is 0 Å². The van der Waals surface area contributed by atoms with E-state index in [-0.39, 0.29) is 0 Å². The number of rotatable bonds is 6. The van der Waals surface area contributed by atoms with Gasteiger partial charge >= 0.3 is 7.60 Å². The summed E-state index contributed by atoms with van der Waals surface area (Å²) >= 11 is 0. The molecule has 0 aromatic heterocycles. The first-order valence-electron chi connectivity index (χ1n) is 5.91. The molecule has 0 amide bonds. The van der Waals surface area contributed by atoms with Gasteiger partial charge in [-0.05, 0) is 18.8 Å². The molecule has 3 nitrogen and oxygen atoms in total. The van der Waals surface area contributed by atoms with E-state index in [9.17, 15) is 4.57 Å². The van der Waals surface area contributed by atoms with Gasteiger partial charge in [-0.15, -0.1) is 0 Å². The van der Waals surface area contributed by atoms with Crippen molar-refractivity contribution in [3.63, 3.8) is 0 Å². The normalized spacial score (nSPS) is 19.3. The van der Waals surface area contributed by atoms with Crippen molar-refractivity contribution in [1.29, 1.82) is 0 Å². The highest BCUT2D eigenvalue weighted by molar-refractivity contribution is 7.53. The van der Waals surface area contributed by atoms with E-state index in [1.165, 1.54) is 52.7 Å². The maximum Gasteiger partial charge on any atom is 0.330 e. The summed E-state index contributed by atoms with van der Waals surface area (Å²) in [6, 6.07) is 0. The van der Waals surface area contributed by atoms with Crippen molar-refractivity contribution in [2.75, 3.05) is 20.4 Å². The Hall–Kier alpha value is 0.150. The Morgan fingerprint density at radius 2 is 1.73 bits per heavy atom. The Balaban J connectivity index is 2.16. The summed E-state index contributed by atoms with van der Waals surface area (Å²) in [6.45, 7) is 0. The third-order valence-corrected chi connectivity index (χ3v) is 5.30. The van der Waals surface area contributed by atoms with Crippen LogP contribution in [0.15, 0.2) is 0 Å². The molecule has 0 aromatic carbocycles. The van der Waals surface area contributed by atoms with Gasteiger partial charge in [-0.25, -0.2) is 0 Å². The monoisotopic (exact) mass is 234 g/mol. The second-order valence-electron chi connectivity index (χ2n) is 4.35. The zero-order valence-corrected chi connectivity index (χ0v) is 10.8. The molecule has 1 aliphatic carbocycles. The molecule has 90 valence electrons. The van der Waals surface area contributed by atoms with Gasteiger partial charge in [-0.3, -0.25) is 4.57 Å². The lowest BCUT2D eigenvalue weighted by Crippen LogP contribution is -2.07. The summed E-state index contributed by atoms with van der Waals surface area (Å²) < 4.78 is 21.6. The predicted octanol–water partition coefficient (Wildman–Crippen LogP) is 3.83. The first-order chi connectivity index (χ1) is 7.20. The van der Waals surface area contributed by atoms with E-state index in [4.69, 9.17) is 9.05 Å². The van der Waals surface area contributed by atoms with Crippen LogP contribution >= 0.6 is 7.60 Å². The quantitative estimate of drug-likeness (QED) is 0.655. The van der Waals surface area contributed by atoms with E-state index in [0.717, 1.165) is 12.3 Å². The summed E-state index contributed by atoms with van der Waals surface area (Å²) in [4.78, 5) is 0. The van der Waals surface area contributed by atoms with Gasteiger partial charge in [-0.2, -0.15) is 0 Å². The van der Waals surface area contributed by atoms with Gasteiger partial charge in [0, 0.05) is 14.2 Å². The van der Waals surface area contributed by atoms with Gasteiger partial charge in [0.1, 0.15) is 0 Å². The van der Waals surface area contributed by atoms with E-state index in [2.05, 4.69) is 0 Å². The number of hydrogen-bond acceptors (Lipinski definition) is 3. The van der Waals surface area contributed by atoms with Gasteiger partial charge < -0.3 is 9.05 Å². The maximum atomic E-state index is 11.7. The van der Waals surface area contributed by atoms with E-state index in [1.54, 1.807) is 0 Å². The van der Waals surface area contributed by atoms with Crippen LogP contribution in [0.1, 0.15) is 44.9 Å². The Labute approximate surface area is 93.1 Å². The highest BCUT2D eigenvalue weighted by Gasteiger charge is 2.21. The summed E-state index contributed by atoms with van der Waals surface area (Å²) in [5.41, 5.74) is 0.